The number of amides is 2. The molecule has 0 radical (unpaired) electrons. The molecule has 6 nitrogen and oxygen atoms in total. The van der Waals surface area contributed by atoms with Gasteiger partial charge in [-0.2, -0.15) is 0 Å². The normalized spacial score (nSPS) is 17.7. The number of hydrogen-bond acceptors (Lipinski definition) is 4. The fourth-order valence-electron chi connectivity index (χ4n) is 3.51. The maximum absolute atomic E-state index is 12.1. The highest BCUT2D eigenvalue weighted by Crippen LogP contribution is 2.38. The Bertz CT molecular complexity index is 780. The Kier molecular flexibility index (Phi) is 5.01. The van der Waals surface area contributed by atoms with Crippen LogP contribution in [0.5, 0.6) is 5.75 Å². The number of ether oxygens (including phenoxy) is 2. The van der Waals surface area contributed by atoms with Crippen LogP contribution in [-0.4, -0.2) is 43.3 Å². The molecule has 6 heteroatoms. The summed E-state index contributed by atoms with van der Waals surface area (Å²) < 4.78 is 10.5. The Morgan fingerprint density at radius 2 is 1.81 bits per heavy atom. The summed E-state index contributed by atoms with van der Waals surface area (Å²) in [6.07, 6.45) is 1.24. The lowest BCUT2D eigenvalue weighted by Gasteiger charge is -2.57. The fraction of sp³-hybridized carbons (Fsp3) is 0.381. The summed E-state index contributed by atoms with van der Waals surface area (Å²) in [4.78, 5) is 14.6. The lowest BCUT2D eigenvalue weighted by molar-refractivity contribution is -0.195. The summed E-state index contributed by atoms with van der Waals surface area (Å²) >= 11 is 0. The number of carbonyl (C=O) groups excluding carboxylic acids is 1. The summed E-state index contributed by atoms with van der Waals surface area (Å²) in [6.45, 7) is 4.26. The number of anilines is 1. The standard InChI is InChI=1S/C21H25N3O3/c1-26-19-8-4-16(5-9-19)12-22-20(25)23-18-6-2-17(3-7-18)13-24-11-10-21(24)14-27-15-21/h2-9H,10-15H2,1H3,(H2,22,23,25). The van der Waals surface area contributed by atoms with E-state index in [1.807, 2.05) is 36.4 Å². The van der Waals surface area contributed by atoms with Crippen LogP contribution in [0.4, 0.5) is 10.5 Å². The highest BCUT2D eigenvalue weighted by molar-refractivity contribution is 5.89. The SMILES string of the molecule is COc1ccc(CNC(=O)Nc2ccc(CN3CCC34COC4)cc2)cc1. The molecule has 2 amide bonds. The van der Waals surface area contributed by atoms with Crippen molar-refractivity contribution in [2.24, 2.45) is 0 Å². The van der Waals surface area contributed by atoms with E-state index in [9.17, 15) is 4.79 Å². The van der Waals surface area contributed by atoms with Crippen molar-refractivity contribution in [3.8, 4) is 5.75 Å². The number of methoxy groups -OCH3 is 1. The molecule has 2 heterocycles. The van der Waals surface area contributed by atoms with Gasteiger partial charge in [-0.15, -0.1) is 0 Å². The van der Waals surface area contributed by atoms with Crippen LogP contribution in [-0.2, 0) is 17.8 Å². The molecule has 0 bridgehead atoms. The van der Waals surface area contributed by atoms with E-state index in [1.54, 1.807) is 7.11 Å². The van der Waals surface area contributed by atoms with Crippen LogP contribution in [0.15, 0.2) is 48.5 Å². The molecule has 2 fully saturated rings. The first-order valence-electron chi connectivity index (χ1n) is 9.26. The summed E-state index contributed by atoms with van der Waals surface area (Å²) in [5.74, 6) is 0.803. The largest absolute Gasteiger partial charge is 0.497 e. The monoisotopic (exact) mass is 367 g/mol. The Morgan fingerprint density at radius 1 is 1.11 bits per heavy atom. The minimum Gasteiger partial charge on any atom is -0.497 e. The van der Waals surface area contributed by atoms with E-state index in [0.29, 0.717) is 12.1 Å². The van der Waals surface area contributed by atoms with Gasteiger partial charge in [0.05, 0.1) is 25.9 Å². The lowest BCUT2D eigenvalue weighted by Crippen LogP contribution is -2.70. The van der Waals surface area contributed by atoms with Gasteiger partial charge in [-0.05, 0) is 41.8 Å². The second kappa shape index (κ2) is 7.58. The van der Waals surface area contributed by atoms with E-state index in [2.05, 4.69) is 27.7 Å². The van der Waals surface area contributed by atoms with Crippen LogP contribution in [0, 0.1) is 0 Å². The van der Waals surface area contributed by atoms with Crippen LogP contribution in [0.25, 0.3) is 0 Å². The average Bonchev–Trinajstić information content (AvgIpc) is 2.64. The third-order valence-corrected chi connectivity index (χ3v) is 5.46. The smallest absolute Gasteiger partial charge is 0.319 e. The zero-order chi connectivity index (χ0) is 18.7. The van der Waals surface area contributed by atoms with Gasteiger partial charge in [0.25, 0.3) is 0 Å². The van der Waals surface area contributed by atoms with Gasteiger partial charge in [0.2, 0.25) is 0 Å². The van der Waals surface area contributed by atoms with Gasteiger partial charge in [0.15, 0.2) is 0 Å². The number of hydrogen-bond donors (Lipinski definition) is 2. The van der Waals surface area contributed by atoms with Crippen LogP contribution in [0.3, 0.4) is 0 Å². The highest BCUT2D eigenvalue weighted by Gasteiger charge is 2.50. The number of likely N-dealkylation sites (tertiary alicyclic amines) is 1. The predicted octanol–water partition coefficient (Wildman–Crippen LogP) is 2.99. The maximum Gasteiger partial charge on any atom is 0.319 e. The molecule has 2 aromatic rings. The van der Waals surface area contributed by atoms with E-state index >= 15 is 0 Å². The van der Waals surface area contributed by atoms with Gasteiger partial charge < -0.3 is 20.1 Å². The Labute approximate surface area is 159 Å². The van der Waals surface area contributed by atoms with Gasteiger partial charge in [0, 0.05) is 25.3 Å². The first kappa shape index (κ1) is 17.8. The first-order valence-corrected chi connectivity index (χ1v) is 9.26. The van der Waals surface area contributed by atoms with Crippen LogP contribution < -0.4 is 15.4 Å². The van der Waals surface area contributed by atoms with Crippen molar-refractivity contribution in [1.82, 2.24) is 10.2 Å². The van der Waals surface area contributed by atoms with Gasteiger partial charge >= 0.3 is 6.03 Å². The predicted molar refractivity (Wildman–Crippen MR) is 104 cm³/mol. The number of nitrogens with one attached hydrogen (secondary N) is 2. The van der Waals surface area contributed by atoms with Crippen molar-refractivity contribution >= 4 is 11.7 Å². The molecule has 2 aliphatic heterocycles. The van der Waals surface area contributed by atoms with E-state index in [-0.39, 0.29) is 6.03 Å². The third kappa shape index (κ3) is 3.91. The first-order chi connectivity index (χ1) is 13.2. The molecule has 2 saturated heterocycles. The van der Waals surface area contributed by atoms with Gasteiger partial charge in [-0.25, -0.2) is 4.79 Å². The van der Waals surface area contributed by atoms with Gasteiger partial charge in [-0.1, -0.05) is 24.3 Å². The highest BCUT2D eigenvalue weighted by atomic mass is 16.5. The van der Waals surface area contributed by atoms with Crippen molar-refractivity contribution in [3.63, 3.8) is 0 Å². The number of rotatable bonds is 6. The zero-order valence-corrected chi connectivity index (χ0v) is 15.5. The number of urea groups is 1. The summed E-state index contributed by atoms with van der Waals surface area (Å²) in [5, 5.41) is 5.74. The van der Waals surface area contributed by atoms with E-state index < -0.39 is 0 Å². The van der Waals surface area contributed by atoms with Gasteiger partial charge in [0.1, 0.15) is 5.75 Å². The molecule has 142 valence electrons. The summed E-state index contributed by atoms with van der Waals surface area (Å²) in [7, 11) is 1.63. The average molecular weight is 367 g/mol. The molecule has 2 aromatic carbocycles. The van der Waals surface area contributed by atoms with E-state index in [4.69, 9.17) is 9.47 Å². The van der Waals surface area contributed by atoms with Crippen LogP contribution in [0.2, 0.25) is 0 Å². The number of nitrogens with zero attached hydrogens (tertiary/aromatic N) is 1. The van der Waals surface area contributed by atoms with Crippen molar-refractivity contribution in [2.45, 2.75) is 25.0 Å². The molecule has 0 aliphatic carbocycles. The second-order valence-electron chi connectivity index (χ2n) is 7.24. The molecule has 2 N–H and O–H groups in total. The molecular weight excluding hydrogens is 342 g/mol. The van der Waals surface area contributed by atoms with E-state index in [0.717, 1.165) is 43.3 Å². The molecule has 27 heavy (non-hydrogen) atoms. The molecule has 0 unspecified atom stereocenters. The van der Waals surface area contributed by atoms with Crippen molar-refractivity contribution in [3.05, 3.63) is 59.7 Å². The lowest BCUT2D eigenvalue weighted by atomic mass is 9.82. The summed E-state index contributed by atoms with van der Waals surface area (Å²) in [6, 6.07) is 15.5. The van der Waals surface area contributed by atoms with Crippen molar-refractivity contribution in [2.75, 3.05) is 32.2 Å². The summed E-state index contributed by atoms with van der Waals surface area (Å²) in [5.41, 5.74) is 3.37. The molecule has 2 aliphatic rings. The number of benzene rings is 2. The molecule has 0 saturated carbocycles. The molecule has 4 rings (SSSR count). The third-order valence-electron chi connectivity index (χ3n) is 5.46. The van der Waals surface area contributed by atoms with Gasteiger partial charge in [-0.3, -0.25) is 4.90 Å². The zero-order valence-electron chi connectivity index (χ0n) is 15.5. The topological polar surface area (TPSA) is 62.8 Å². The molecule has 1 spiro atoms. The molecule has 0 aromatic heterocycles. The molecular formula is C21H25N3O3. The maximum atomic E-state index is 12.1. The second-order valence-corrected chi connectivity index (χ2v) is 7.24. The van der Waals surface area contributed by atoms with Crippen LogP contribution >= 0.6 is 0 Å². The van der Waals surface area contributed by atoms with Crippen LogP contribution in [0.1, 0.15) is 17.5 Å². The minimum atomic E-state index is -0.216. The van der Waals surface area contributed by atoms with E-state index in [1.165, 1.54) is 12.0 Å². The minimum absolute atomic E-state index is 0.216. The Morgan fingerprint density at radius 3 is 2.37 bits per heavy atom. The molecule has 0 atom stereocenters. The van der Waals surface area contributed by atoms with Crippen molar-refractivity contribution < 1.29 is 14.3 Å². The Balaban J connectivity index is 1.24. The fourth-order valence-corrected chi connectivity index (χ4v) is 3.51. The number of carbonyl (C=O) groups is 1. The van der Waals surface area contributed by atoms with Crippen molar-refractivity contribution in [1.29, 1.82) is 0 Å². The Hall–Kier alpha value is -2.57. The quantitative estimate of drug-likeness (QED) is 0.824.